The fraction of sp³-hybridized carbons (Fsp3) is 0.737. The molecule has 0 bridgehead atoms. The number of anilines is 1. The number of ether oxygens (including phenoxy) is 1. The lowest BCUT2D eigenvalue weighted by Crippen LogP contribution is -2.33. The molecule has 3 heterocycles. The number of rotatable bonds is 11. The number of nitrogens with zero attached hydrogens (tertiary/aromatic N) is 4. The van der Waals surface area contributed by atoms with Crippen LogP contribution in [0.3, 0.4) is 0 Å². The zero-order chi connectivity index (χ0) is 26.1. The first-order valence-electron chi connectivity index (χ1n) is 11.3. The SMILES string of the molecule is COP(=O)(CP(=O)(OC)OC[C@H]1O[C@@H](c2cnc3c(NC4CCCC4)nc(Cl)nn23)[C@H](O)[C@@H]1O)OC. The van der Waals surface area contributed by atoms with Crippen LogP contribution in [0.4, 0.5) is 5.82 Å². The number of fused-ring (bicyclic) bond motifs is 1. The highest BCUT2D eigenvalue weighted by Gasteiger charge is 2.47. The number of nitrogens with one attached hydrogen (secondary N) is 1. The number of hydrogen-bond acceptors (Lipinski definition) is 13. The van der Waals surface area contributed by atoms with Gasteiger partial charge in [-0.3, -0.25) is 9.13 Å². The zero-order valence-corrected chi connectivity index (χ0v) is 22.6. The van der Waals surface area contributed by atoms with Gasteiger partial charge in [-0.1, -0.05) is 12.8 Å². The van der Waals surface area contributed by atoms with Crippen molar-refractivity contribution >= 4 is 38.3 Å². The van der Waals surface area contributed by atoms with Crippen LogP contribution in [0.2, 0.25) is 5.28 Å². The molecule has 202 valence electrons. The molecular formula is C19H30ClN5O9P2. The van der Waals surface area contributed by atoms with Gasteiger partial charge in [-0.2, -0.15) is 4.98 Å². The van der Waals surface area contributed by atoms with Crippen LogP contribution >= 0.6 is 26.8 Å². The third-order valence-electron chi connectivity index (χ3n) is 6.33. The minimum atomic E-state index is -3.95. The molecule has 1 unspecified atom stereocenters. The van der Waals surface area contributed by atoms with E-state index in [2.05, 4.69) is 20.4 Å². The maximum atomic E-state index is 12.9. The van der Waals surface area contributed by atoms with Crippen molar-refractivity contribution in [1.82, 2.24) is 19.6 Å². The molecule has 17 heteroatoms. The van der Waals surface area contributed by atoms with Crippen molar-refractivity contribution in [3.63, 3.8) is 0 Å². The van der Waals surface area contributed by atoms with E-state index in [1.54, 1.807) is 0 Å². The van der Waals surface area contributed by atoms with Crippen molar-refractivity contribution in [3.05, 3.63) is 17.2 Å². The lowest BCUT2D eigenvalue weighted by Gasteiger charge is -2.22. The Morgan fingerprint density at radius 2 is 1.81 bits per heavy atom. The summed E-state index contributed by atoms with van der Waals surface area (Å²) in [7, 11) is -4.25. The summed E-state index contributed by atoms with van der Waals surface area (Å²) in [5.41, 5.74) is 0.723. The monoisotopic (exact) mass is 569 g/mol. The first-order valence-corrected chi connectivity index (χ1v) is 15.1. The molecule has 1 aliphatic carbocycles. The first-order chi connectivity index (χ1) is 17.1. The molecule has 2 aromatic rings. The van der Waals surface area contributed by atoms with Gasteiger partial charge in [0.1, 0.15) is 24.4 Å². The molecule has 1 aliphatic heterocycles. The zero-order valence-electron chi connectivity index (χ0n) is 20.0. The third-order valence-corrected chi connectivity index (χ3v) is 11.5. The summed E-state index contributed by atoms with van der Waals surface area (Å²) in [5, 5.41) is 28.8. The van der Waals surface area contributed by atoms with E-state index in [0.717, 1.165) is 47.0 Å². The van der Waals surface area contributed by atoms with Crippen LogP contribution in [0.15, 0.2) is 6.20 Å². The number of halogens is 1. The quantitative estimate of drug-likeness (QED) is 0.337. The van der Waals surface area contributed by atoms with E-state index in [4.69, 9.17) is 34.4 Å². The van der Waals surface area contributed by atoms with Crippen molar-refractivity contribution < 1.29 is 42.2 Å². The number of aromatic nitrogens is 4. The second-order valence-corrected chi connectivity index (χ2v) is 13.8. The van der Waals surface area contributed by atoms with Crippen LogP contribution in [0, 0.1) is 0 Å². The molecule has 0 amide bonds. The molecule has 4 rings (SSSR count). The molecule has 1 saturated carbocycles. The van der Waals surface area contributed by atoms with Crippen LogP contribution in [0.25, 0.3) is 5.65 Å². The molecule has 0 radical (unpaired) electrons. The van der Waals surface area contributed by atoms with Gasteiger partial charge in [0.2, 0.25) is 5.28 Å². The lowest BCUT2D eigenvalue weighted by molar-refractivity contribution is -0.0210. The predicted molar refractivity (Wildman–Crippen MR) is 128 cm³/mol. The lowest BCUT2D eigenvalue weighted by atomic mass is 10.1. The van der Waals surface area contributed by atoms with Gasteiger partial charge in [-0.15, -0.1) is 5.10 Å². The normalized spacial score (nSPS) is 27.1. The molecule has 0 spiro atoms. The predicted octanol–water partition coefficient (Wildman–Crippen LogP) is 2.59. The minimum Gasteiger partial charge on any atom is -0.387 e. The van der Waals surface area contributed by atoms with E-state index < -0.39 is 52.1 Å². The first kappa shape index (κ1) is 27.8. The highest BCUT2D eigenvalue weighted by Crippen LogP contribution is 2.63. The molecule has 3 N–H and O–H groups in total. The summed E-state index contributed by atoms with van der Waals surface area (Å²) in [5.74, 6) is -0.180. The van der Waals surface area contributed by atoms with Crippen LogP contribution in [-0.2, 0) is 32.0 Å². The van der Waals surface area contributed by atoms with E-state index in [1.165, 1.54) is 10.7 Å². The smallest absolute Gasteiger partial charge is 0.342 e. The van der Waals surface area contributed by atoms with Crippen molar-refractivity contribution in [3.8, 4) is 0 Å². The van der Waals surface area contributed by atoms with Crippen LogP contribution in [0.1, 0.15) is 37.5 Å². The van der Waals surface area contributed by atoms with Gasteiger partial charge in [-0.25, -0.2) is 9.50 Å². The summed E-state index contributed by atoms with van der Waals surface area (Å²) < 4.78 is 52.5. The summed E-state index contributed by atoms with van der Waals surface area (Å²) in [6.45, 7) is -0.436. The van der Waals surface area contributed by atoms with Crippen LogP contribution < -0.4 is 5.32 Å². The summed E-state index contributed by atoms with van der Waals surface area (Å²) in [6.07, 6.45) is 0.778. The minimum absolute atomic E-state index is 0.0306. The Kier molecular flexibility index (Phi) is 8.73. The fourth-order valence-corrected chi connectivity index (χ4v) is 8.50. The van der Waals surface area contributed by atoms with E-state index in [0.29, 0.717) is 17.2 Å². The maximum absolute atomic E-state index is 12.9. The fourth-order valence-electron chi connectivity index (χ4n) is 4.30. The number of imidazole rings is 1. The van der Waals surface area contributed by atoms with Crippen molar-refractivity contribution in [2.45, 2.75) is 56.1 Å². The molecule has 14 nitrogen and oxygen atoms in total. The second kappa shape index (κ2) is 11.3. The van der Waals surface area contributed by atoms with Gasteiger partial charge in [0.05, 0.1) is 18.5 Å². The molecular weight excluding hydrogens is 540 g/mol. The second-order valence-electron chi connectivity index (χ2n) is 8.56. The van der Waals surface area contributed by atoms with Gasteiger partial charge in [-0.05, 0) is 24.4 Å². The summed E-state index contributed by atoms with van der Waals surface area (Å²) in [4.78, 5) is 8.64. The van der Waals surface area contributed by atoms with Gasteiger partial charge < -0.3 is 38.4 Å². The molecule has 36 heavy (non-hydrogen) atoms. The van der Waals surface area contributed by atoms with Gasteiger partial charge in [0.15, 0.2) is 17.4 Å². The van der Waals surface area contributed by atoms with E-state index in [9.17, 15) is 19.3 Å². The van der Waals surface area contributed by atoms with Gasteiger partial charge in [0.25, 0.3) is 0 Å². The van der Waals surface area contributed by atoms with Crippen molar-refractivity contribution in [2.75, 3.05) is 39.2 Å². The van der Waals surface area contributed by atoms with Crippen molar-refractivity contribution in [2.24, 2.45) is 0 Å². The van der Waals surface area contributed by atoms with Crippen molar-refractivity contribution in [1.29, 1.82) is 0 Å². The maximum Gasteiger partial charge on any atom is 0.342 e. The van der Waals surface area contributed by atoms with E-state index in [-0.39, 0.29) is 11.3 Å². The summed E-state index contributed by atoms with van der Waals surface area (Å²) >= 11 is 6.16. The Labute approximate surface area is 212 Å². The Hall–Kier alpha value is -1.18. The third kappa shape index (κ3) is 5.78. The Balaban J connectivity index is 1.51. The summed E-state index contributed by atoms with van der Waals surface area (Å²) in [6, 6.07) is 0.250. The average molecular weight is 570 g/mol. The molecule has 1 saturated heterocycles. The highest BCUT2D eigenvalue weighted by atomic mass is 35.5. The van der Waals surface area contributed by atoms with Crippen LogP contribution in [-0.4, -0.2) is 88.0 Å². The largest absolute Gasteiger partial charge is 0.387 e. The molecule has 2 aromatic heterocycles. The Morgan fingerprint density at radius 3 is 2.44 bits per heavy atom. The van der Waals surface area contributed by atoms with Gasteiger partial charge >= 0.3 is 15.2 Å². The van der Waals surface area contributed by atoms with E-state index in [1.807, 2.05) is 0 Å². The standard InChI is InChI=1S/C19H30ClN5O9P2/c1-30-35(28,31-2)10-36(29,32-3)33-9-13-14(26)15(27)16(34-13)12-8-21-18-17(22-11-6-4-5-7-11)23-19(20)24-25(12)18/h8,11,13-16,26-27H,4-7,9-10H2,1-3H3,(H,22,23,24)/t13-,14-,15-,16+,36?/m1/s1. The van der Waals surface area contributed by atoms with Gasteiger partial charge in [0, 0.05) is 27.4 Å². The molecule has 0 aromatic carbocycles. The number of hydrogen-bond donors (Lipinski definition) is 3. The van der Waals surface area contributed by atoms with E-state index >= 15 is 0 Å². The van der Waals surface area contributed by atoms with Crippen LogP contribution in [0.5, 0.6) is 0 Å². The topological polar surface area (TPSA) is 176 Å². The number of aliphatic hydroxyl groups excluding tert-OH is 2. The average Bonchev–Trinajstić information content (AvgIpc) is 3.59. The Bertz CT molecular complexity index is 1160. The highest BCUT2D eigenvalue weighted by molar-refractivity contribution is 7.71. The molecule has 2 aliphatic rings. The molecule has 5 atom stereocenters. The number of aliphatic hydroxyl groups is 2. The molecule has 2 fully saturated rings. The Morgan fingerprint density at radius 1 is 1.14 bits per heavy atom.